The van der Waals surface area contributed by atoms with Crippen LogP contribution in [0.1, 0.15) is 41.6 Å². The Balaban J connectivity index is 1.46. The van der Waals surface area contributed by atoms with Crippen LogP contribution in [0.4, 0.5) is 0 Å². The number of benzene rings is 1. The second-order valence-corrected chi connectivity index (χ2v) is 7.30. The highest BCUT2D eigenvalue weighted by molar-refractivity contribution is 5.94. The quantitative estimate of drug-likeness (QED) is 0.860. The minimum Gasteiger partial charge on any atom is -0.334 e. The summed E-state index contributed by atoms with van der Waals surface area (Å²) in [6, 6.07) is 10.9. The molecule has 2 aromatic rings. The molecule has 2 aliphatic heterocycles. The van der Waals surface area contributed by atoms with Crippen molar-refractivity contribution >= 4 is 5.91 Å². The van der Waals surface area contributed by atoms with E-state index in [4.69, 9.17) is 0 Å². The molecule has 0 radical (unpaired) electrons. The van der Waals surface area contributed by atoms with E-state index < -0.39 is 0 Å². The summed E-state index contributed by atoms with van der Waals surface area (Å²) in [5.41, 5.74) is 1.96. The third-order valence-electron chi connectivity index (χ3n) is 5.69. The third-order valence-corrected chi connectivity index (χ3v) is 5.69. The van der Waals surface area contributed by atoms with Gasteiger partial charge in [-0.1, -0.05) is 12.1 Å². The summed E-state index contributed by atoms with van der Waals surface area (Å²) in [4.78, 5) is 17.6. The molecule has 0 bridgehead atoms. The molecule has 25 heavy (non-hydrogen) atoms. The van der Waals surface area contributed by atoms with E-state index in [2.05, 4.69) is 21.9 Å². The van der Waals surface area contributed by atoms with E-state index in [1.807, 2.05) is 41.2 Å². The van der Waals surface area contributed by atoms with Crippen LogP contribution in [0.15, 0.2) is 42.7 Å². The number of nitrogens with zero attached hydrogens (tertiary/aromatic N) is 4. The number of hydrogen-bond acceptors (Lipinski definition) is 3. The van der Waals surface area contributed by atoms with E-state index in [1.165, 1.54) is 12.8 Å². The van der Waals surface area contributed by atoms with Crippen molar-refractivity contribution in [3.8, 4) is 0 Å². The first-order valence-electron chi connectivity index (χ1n) is 9.30. The molecule has 0 N–H and O–H groups in total. The largest absolute Gasteiger partial charge is 0.334 e. The van der Waals surface area contributed by atoms with Crippen molar-refractivity contribution in [3.63, 3.8) is 0 Å². The molecule has 2 saturated heterocycles. The normalized spacial score (nSPS) is 24.1. The van der Waals surface area contributed by atoms with E-state index in [9.17, 15) is 4.79 Å². The predicted molar refractivity (Wildman–Crippen MR) is 97.5 cm³/mol. The van der Waals surface area contributed by atoms with Crippen molar-refractivity contribution in [1.29, 1.82) is 0 Å². The Morgan fingerprint density at radius 3 is 2.56 bits per heavy atom. The first kappa shape index (κ1) is 16.3. The van der Waals surface area contributed by atoms with Gasteiger partial charge in [-0.25, -0.2) is 0 Å². The van der Waals surface area contributed by atoms with Gasteiger partial charge in [0.25, 0.3) is 5.91 Å². The number of amides is 1. The fourth-order valence-corrected chi connectivity index (χ4v) is 4.37. The highest BCUT2D eigenvalue weighted by atomic mass is 16.2. The summed E-state index contributed by atoms with van der Waals surface area (Å²) in [6.07, 6.45) is 8.46. The SMILES string of the molecule is CN1CCC[C@H]1[C@H]1CCCN1C(=O)c1ccc(Cn2cccn2)cc1. The maximum Gasteiger partial charge on any atom is 0.254 e. The molecule has 4 rings (SSSR count). The average Bonchev–Trinajstić information content (AvgIpc) is 3.36. The average molecular weight is 338 g/mol. The van der Waals surface area contributed by atoms with Gasteiger partial charge in [0.05, 0.1) is 6.54 Å². The van der Waals surface area contributed by atoms with Crippen LogP contribution in [-0.2, 0) is 6.54 Å². The van der Waals surface area contributed by atoms with Gasteiger partial charge in [0.15, 0.2) is 0 Å². The summed E-state index contributed by atoms with van der Waals surface area (Å²) < 4.78 is 1.89. The lowest BCUT2D eigenvalue weighted by Crippen LogP contribution is -2.47. The minimum absolute atomic E-state index is 0.188. The Labute approximate surface area is 149 Å². The first-order chi connectivity index (χ1) is 12.2. The second-order valence-electron chi connectivity index (χ2n) is 7.30. The van der Waals surface area contributed by atoms with Crippen LogP contribution in [0.2, 0.25) is 0 Å². The topological polar surface area (TPSA) is 41.4 Å². The van der Waals surface area contributed by atoms with Gasteiger partial charge in [-0.15, -0.1) is 0 Å². The Morgan fingerprint density at radius 2 is 1.88 bits per heavy atom. The van der Waals surface area contributed by atoms with Crippen molar-refractivity contribution in [2.75, 3.05) is 20.1 Å². The smallest absolute Gasteiger partial charge is 0.254 e. The number of likely N-dealkylation sites (N-methyl/N-ethyl adjacent to an activating group) is 1. The highest BCUT2D eigenvalue weighted by Crippen LogP contribution is 2.30. The van der Waals surface area contributed by atoms with Crippen LogP contribution in [0, 0.1) is 0 Å². The molecule has 2 atom stereocenters. The molecule has 1 amide bonds. The molecular weight excluding hydrogens is 312 g/mol. The van der Waals surface area contributed by atoms with Crippen molar-refractivity contribution in [2.24, 2.45) is 0 Å². The van der Waals surface area contributed by atoms with Crippen LogP contribution in [0.25, 0.3) is 0 Å². The Hall–Kier alpha value is -2.14. The van der Waals surface area contributed by atoms with E-state index in [0.717, 1.165) is 43.6 Å². The van der Waals surface area contributed by atoms with Gasteiger partial charge in [0, 0.05) is 36.6 Å². The van der Waals surface area contributed by atoms with Crippen LogP contribution in [0.5, 0.6) is 0 Å². The maximum absolute atomic E-state index is 13.0. The summed E-state index contributed by atoms with van der Waals surface area (Å²) in [6.45, 7) is 2.79. The minimum atomic E-state index is 0.188. The molecule has 0 saturated carbocycles. The second kappa shape index (κ2) is 7.00. The van der Waals surface area contributed by atoms with E-state index >= 15 is 0 Å². The molecule has 5 heteroatoms. The summed E-state index contributed by atoms with van der Waals surface area (Å²) >= 11 is 0. The van der Waals surface area contributed by atoms with Gasteiger partial charge in [-0.2, -0.15) is 5.10 Å². The Kier molecular flexibility index (Phi) is 4.57. The number of likely N-dealkylation sites (tertiary alicyclic amines) is 2. The van der Waals surface area contributed by atoms with Crippen molar-refractivity contribution < 1.29 is 4.79 Å². The van der Waals surface area contributed by atoms with Gasteiger partial charge in [0.1, 0.15) is 0 Å². The van der Waals surface area contributed by atoms with Crippen LogP contribution in [0.3, 0.4) is 0 Å². The zero-order valence-corrected chi connectivity index (χ0v) is 14.8. The molecule has 132 valence electrons. The van der Waals surface area contributed by atoms with Gasteiger partial charge >= 0.3 is 0 Å². The van der Waals surface area contributed by atoms with Crippen LogP contribution >= 0.6 is 0 Å². The van der Waals surface area contributed by atoms with Crippen molar-refractivity contribution in [2.45, 2.75) is 44.3 Å². The van der Waals surface area contributed by atoms with E-state index in [0.29, 0.717) is 12.1 Å². The fourth-order valence-electron chi connectivity index (χ4n) is 4.37. The zero-order valence-electron chi connectivity index (χ0n) is 14.8. The molecule has 0 aliphatic carbocycles. The molecule has 1 aromatic carbocycles. The lowest BCUT2D eigenvalue weighted by Gasteiger charge is -2.33. The lowest BCUT2D eigenvalue weighted by atomic mass is 10.0. The number of carbonyl (C=O) groups is 1. The van der Waals surface area contributed by atoms with Crippen molar-refractivity contribution in [3.05, 3.63) is 53.9 Å². The summed E-state index contributed by atoms with van der Waals surface area (Å²) in [7, 11) is 2.20. The van der Waals surface area contributed by atoms with Crippen LogP contribution < -0.4 is 0 Å². The lowest BCUT2D eigenvalue weighted by molar-refractivity contribution is 0.0664. The molecular formula is C20H26N4O. The molecule has 2 fully saturated rings. The third kappa shape index (κ3) is 3.33. The summed E-state index contributed by atoms with van der Waals surface area (Å²) in [5.74, 6) is 0.188. The van der Waals surface area contributed by atoms with Crippen molar-refractivity contribution in [1.82, 2.24) is 19.6 Å². The predicted octanol–water partition coefficient (Wildman–Crippen LogP) is 2.63. The fraction of sp³-hybridized carbons (Fsp3) is 0.500. The standard InChI is InChI=1S/C20H26N4O/c1-22-12-2-5-18(22)19-6-3-14-24(19)20(25)17-9-7-16(8-10-17)15-23-13-4-11-21-23/h4,7-11,13,18-19H,2-3,5-6,12,14-15H2,1H3/t18-,19+/m0/s1. The van der Waals surface area contributed by atoms with Gasteiger partial charge in [-0.3, -0.25) is 9.48 Å². The number of aromatic nitrogens is 2. The molecule has 0 spiro atoms. The number of rotatable bonds is 4. The molecule has 2 aliphatic rings. The number of carbonyl (C=O) groups excluding carboxylic acids is 1. The molecule has 1 aromatic heterocycles. The van der Waals surface area contributed by atoms with Crippen LogP contribution in [-0.4, -0.2) is 57.7 Å². The summed E-state index contributed by atoms with van der Waals surface area (Å²) in [5, 5.41) is 4.23. The molecule has 0 unspecified atom stereocenters. The maximum atomic E-state index is 13.0. The van der Waals surface area contributed by atoms with E-state index in [-0.39, 0.29) is 5.91 Å². The Morgan fingerprint density at radius 1 is 1.12 bits per heavy atom. The van der Waals surface area contributed by atoms with E-state index in [1.54, 1.807) is 6.20 Å². The van der Waals surface area contributed by atoms with Gasteiger partial charge in [0.2, 0.25) is 0 Å². The number of hydrogen-bond donors (Lipinski definition) is 0. The van der Waals surface area contributed by atoms with Gasteiger partial charge < -0.3 is 9.80 Å². The first-order valence-corrected chi connectivity index (χ1v) is 9.30. The highest BCUT2D eigenvalue weighted by Gasteiger charge is 2.38. The monoisotopic (exact) mass is 338 g/mol. The van der Waals surface area contributed by atoms with Gasteiger partial charge in [-0.05, 0) is 63.0 Å². The Bertz CT molecular complexity index is 710. The zero-order chi connectivity index (χ0) is 17.2. The molecule has 3 heterocycles. The molecule has 5 nitrogen and oxygen atoms in total.